The summed E-state index contributed by atoms with van der Waals surface area (Å²) in [4.78, 5) is 17.0. The molecule has 1 unspecified atom stereocenters. The van der Waals surface area contributed by atoms with Crippen molar-refractivity contribution in [1.82, 2.24) is 20.5 Å². The van der Waals surface area contributed by atoms with Gasteiger partial charge in [0.2, 0.25) is 5.16 Å². The monoisotopic (exact) mass is 457 g/mol. The minimum Gasteiger partial charge on any atom is -0.351 e. The van der Waals surface area contributed by atoms with Gasteiger partial charge in [-0.3, -0.25) is 14.2 Å². The Hall–Kier alpha value is -2.85. The van der Waals surface area contributed by atoms with Gasteiger partial charge in [0.1, 0.15) is 5.82 Å². The van der Waals surface area contributed by atoms with Gasteiger partial charge >= 0.3 is 0 Å². The quantitative estimate of drug-likeness (QED) is 0.417. The molecular formula is C21H23N5O3S2. The standard InChI is InChI=1S/C21H23N5O3S2/c1-14-12-17-13-16(20(27)22-10-11-30-21-23-15(2)24-25-21)8-9-19(17)26(14)31(28,29)18-6-4-3-5-7-18/h3-9,13-14H,10-12H2,1-2H3,(H,22,27)(H,23,24,25). The Morgan fingerprint density at radius 3 is 2.74 bits per heavy atom. The van der Waals surface area contributed by atoms with Crippen LogP contribution in [0.5, 0.6) is 0 Å². The zero-order valence-corrected chi connectivity index (χ0v) is 18.8. The van der Waals surface area contributed by atoms with Crippen molar-refractivity contribution in [1.29, 1.82) is 0 Å². The highest BCUT2D eigenvalue weighted by atomic mass is 32.2. The van der Waals surface area contributed by atoms with Crippen molar-refractivity contribution in [2.45, 2.75) is 36.4 Å². The van der Waals surface area contributed by atoms with Gasteiger partial charge in [0.05, 0.1) is 10.6 Å². The number of amides is 1. The topological polar surface area (TPSA) is 108 Å². The smallest absolute Gasteiger partial charge is 0.264 e. The van der Waals surface area contributed by atoms with E-state index >= 15 is 0 Å². The molecule has 0 aliphatic carbocycles. The van der Waals surface area contributed by atoms with Crippen LogP contribution in [0.25, 0.3) is 0 Å². The molecule has 3 aromatic rings. The van der Waals surface area contributed by atoms with Crippen LogP contribution in [0, 0.1) is 6.92 Å². The molecule has 0 spiro atoms. The Labute approximate surface area is 185 Å². The van der Waals surface area contributed by atoms with Crippen molar-refractivity contribution in [3.63, 3.8) is 0 Å². The molecule has 4 rings (SSSR count). The second-order valence-electron chi connectivity index (χ2n) is 7.32. The summed E-state index contributed by atoms with van der Waals surface area (Å²) in [6.45, 7) is 4.18. The van der Waals surface area contributed by atoms with Crippen LogP contribution < -0.4 is 9.62 Å². The van der Waals surface area contributed by atoms with Gasteiger partial charge in [0.25, 0.3) is 15.9 Å². The van der Waals surface area contributed by atoms with E-state index in [1.807, 2.05) is 13.8 Å². The second kappa shape index (κ2) is 8.72. The molecule has 0 saturated heterocycles. The van der Waals surface area contributed by atoms with Gasteiger partial charge in [0, 0.05) is 23.9 Å². The van der Waals surface area contributed by atoms with Crippen LogP contribution in [0.4, 0.5) is 5.69 Å². The minimum absolute atomic E-state index is 0.188. The van der Waals surface area contributed by atoms with Crippen LogP contribution in [0.1, 0.15) is 28.7 Å². The molecule has 2 aromatic carbocycles. The largest absolute Gasteiger partial charge is 0.351 e. The zero-order valence-electron chi connectivity index (χ0n) is 17.2. The Bertz CT molecular complexity index is 1190. The van der Waals surface area contributed by atoms with E-state index in [1.165, 1.54) is 16.1 Å². The number of H-pyrrole nitrogens is 1. The summed E-state index contributed by atoms with van der Waals surface area (Å²) in [5.74, 6) is 1.21. The highest BCUT2D eigenvalue weighted by Crippen LogP contribution is 2.37. The first-order valence-electron chi connectivity index (χ1n) is 9.88. The number of aryl methyl sites for hydroxylation is 1. The second-order valence-corrected chi connectivity index (χ2v) is 10.2. The number of carbonyl (C=O) groups excluding carboxylic acids is 1. The molecule has 1 aliphatic heterocycles. The van der Waals surface area contributed by atoms with E-state index in [9.17, 15) is 13.2 Å². The average Bonchev–Trinajstić information content (AvgIpc) is 3.33. The summed E-state index contributed by atoms with van der Waals surface area (Å²) in [6.07, 6.45) is 0.558. The Morgan fingerprint density at radius 2 is 2.03 bits per heavy atom. The third-order valence-electron chi connectivity index (χ3n) is 4.99. The van der Waals surface area contributed by atoms with E-state index in [4.69, 9.17) is 0 Å². The lowest BCUT2D eigenvalue weighted by atomic mass is 10.1. The summed E-state index contributed by atoms with van der Waals surface area (Å²) in [6, 6.07) is 13.4. The fraction of sp³-hybridized carbons (Fsp3) is 0.286. The Kier molecular flexibility index (Phi) is 6.01. The van der Waals surface area contributed by atoms with E-state index in [1.54, 1.807) is 48.5 Å². The molecule has 0 radical (unpaired) electrons. The number of rotatable bonds is 7. The zero-order chi connectivity index (χ0) is 22.0. The number of nitrogens with one attached hydrogen (secondary N) is 2. The molecule has 162 valence electrons. The molecule has 0 saturated carbocycles. The molecule has 1 amide bonds. The van der Waals surface area contributed by atoms with E-state index in [0.717, 1.165) is 11.4 Å². The minimum atomic E-state index is -3.66. The lowest BCUT2D eigenvalue weighted by Crippen LogP contribution is -2.35. The van der Waals surface area contributed by atoms with Crippen LogP contribution in [-0.4, -0.2) is 47.8 Å². The van der Waals surface area contributed by atoms with Crippen molar-refractivity contribution >= 4 is 33.4 Å². The molecule has 8 nitrogen and oxygen atoms in total. The van der Waals surface area contributed by atoms with Crippen LogP contribution in [0.15, 0.2) is 58.6 Å². The van der Waals surface area contributed by atoms with Crippen LogP contribution in [-0.2, 0) is 16.4 Å². The van der Waals surface area contributed by atoms with Gasteiger partial charge in [-0.1, -0.05) is 30.0 Å². The molecule has 31 heavy (non-hydrogen) atoms. The fourth-order valence-corrected chi connectivity index (χ4v) is 6.02. The van der Waals surface area contributed by atoms with E-state index in [-0.39, 0.29) is 16.8 Å². The fourth-order valence-electron chi connectivity index (χ4n) is 3.61. The number of anilines is 1. The van der Waals surface area contributed by atoms with Crippen molar-refractivity contribution < 1.29 is 13.2 Å². The maximum Gasteiger partial charge on any atom is 0.264 e. The van der Waals surface area contributed by atoms with Crippen molar-refractivity contribution in [2.24, 2.45) is 0 Å². The van der Waals surface area contributed by atoms with E-state index in [2.05, 4.69) is 20.5 Å². The highest BCUT2D eigenvalue weighted by Gasteiger charge is 2.36. The summed E-state index contributed by atoms with van der Waals surface area (Å²) < 4.78 is 27.8. The van der Waals surface area contributed by atoms with Crippen LogP contribution in [0.3, 0.4) is 0 Å². The van der Waals surface area contributed by atoms with Crippen LogP contribution in [0.2, 0.25) is 0 Å². The first-order valence-corrected chi connectivity index (χ1v) is 12.3. The van der Waals surface area contributed by atoms with Crippen molar-refractivity contribution in [2.75, 3.05) is 16.6 Å². The normalized spacial score (nSPS) is 15.7. The maximum absolute atomic E-state index is 13.2. The number of aromatic amines is 1. The predicted octanol–water partition coefficient (Wildman–Crippen LogP) is 2.78. The number of nitrogens with zero attached hydrogens (tertiary/aromatic N) is 3. The van der Waals surface area contributed by atoms with Gasteiger partial charge in [-0.05, 0) is 56.2 Å². The molecule has 2 heterocycles. The van der Waals surface area contributed by atoms with Gasteiger partial charge in [-0.2, -0.15) is 0 Å². The molecule has 10 heteroatoms. The third kappa shape index (κ3) is 4.45. The number of sulfonamides is 1. The molecular weight excluding hydrogens is 434 g/mol. The Balaban J connectivity index is 1.44. The van der Waals surface area contributed by atoms with Gasteiger partial charge in [0.15, 0.2) is 0 Å². The number of thioether (sulfide) groups is 1. The molecule has 1 aromatic heterocycles. The Morgan fingerprint density at radius 1 is 1.26 bits per heavy atom. The first kappa shape index (κ1) is 21.4. The van der Waals surface area contributed by atoms with E-state index in [0.29, 0.717) is 35.1 Å². The number of fused-ring (bicyclic) bond motifs is 1. The number of carbonyl (C=O) groups is 1. The summed E-state index contributed by atoms with van der Waals surface area (Å²) in [7, 11) is -3.66. The first-order chi connectivity index (χ1) is 14.9. The average molecular weight is 458 g/mol. The molecule has 0 fully saturated rings. The predicted molar refractivity (Wildman–Crippen MR) is 120 cm³/mol. The maximum atomic E-state index is 13.2. The van der Waals surface area contributed by atoms with Crippen LogP contribution >= 0.6 is 11.8 Å². The lowest BCUT2D eigenvalue weighted by molar-refractivity contribution is 0.0956. The molecule has 2 N–H and O–H groups in total. The summed E-state index contributed by atoms with van der Waals surface area (Å²) in [5, 5.41) is 10.4. The number of hydrogen-bond donors (Lipinski definition) is 2. The van der Waals surface area contributed by atoms with Gasteiger partial charge < -0.3 is 5.32 Å². The molecule has 1 aliphatic rings. The summed E-state index contributed by atoms with van der Waals surface area (Å²) >= 11 is 1.46. The molecule has 0 bridgehead atoms. The molecule has 1 atom stereocenters. The van der Waals surface area contributed by atoms with Gasteiger partial charge in [-0.15, -0.1) is 5.10 Å². The van der Waals surface area contributed by atoms with Gasteiger partial charge in [-0.25, -0.2) is 13.4 Å². The highest BCUT2D eigenvalue weighted by molar-refractivity contribution is 7.99. The van der Waals surface area contributed by atoms with Crippen molar-refractivity contribution in [3.05, 3.63) is 65.5 Å². The number of benzene rings is 2. The number of hydrogen-bond acceptors (Lipinski definition) is 6. The SMILES string of the molecule is Cc1nc(SCCNC(=O)c2ccc3c(c2)CC(C)N3S(=O)(=O)c2ccccc2)n[nH]1. The third-order valence-corrected chi connectivity index (χ3v) is 7.78. The summed E-state index contributed by atoms with van der Waals surface area (Å²) in [5.41, 5.74) is 2.00. The van der Waals surface area contributed by atoms with E-state index < -0.39 is 10.0 Å². The number of aromatic nitrogens is 3. The van der Waals surface area contributed by atoms with Crippen molar-refractivity contribution in [3.8, 4) is 0 Å². The lowest BCUT2D eigenvalue weighted by Gasteiger charge is -2.24.